The first-order chi connectivity index (χ1) is 9.66. The van der Waals surface area contributed by atoms with Crippen molar-refractivity contribution in [3.05, 3.63) is 0 Å². The highest BCUT2D eigenvalue weighted by Crippen LogP contribution is 2.11. The number of hydrogen-bond acceptors (Lipinski definition) is 3. The molecule has 0 fully saturated rings. The number of carboxylic acids is 1. The Morgan fingerprint density at radius 2 is 1.25 bits per heavy atom. The lowest BCUT2D eigenvalue weighted by atomic mass is 10.1. The van der Waals surface area contributed by atoms with E-state index in [4.69, 9.17) is 10.9 Å². The zero-order chi connectivity index (χ0) is 15.1. The van der Waals surface area contributed by atoms with Crippen LogP contribution in [-0.2, 0) is 4.79 Å². The third kappa shape index (κ3) is 15.4. The molecule has 0 aromatic rings. The van der Waals surface area contributed by atoms with Gasteiger partial charge in [-0.1, -0.05) is 77.6 Å². The average molecular weight is 286 g/mol. The van der Waals surface area contributed by atoms with Gasteiger partial charge in [-0.2, -0.15) is 0 Å². The van der Waals surface area contributed by atoms with E-state index >= 15 is 0 Å². The van der Waals surface area contributed by atoms with Gasteiger partial charge in [0, 0.05) is 6.54 Å². The zero-order valence-corrected chi connectivity index (χ0v) is 13.3. The summed E-state index contributed by atoms with van der Waals surface area (Å²) in [5.41, 5.74) is 0. The molecule has 0 atom stereocenters. The largest absolute Gasteiger partial charge is 0.480 e. The number of nitrogens with two attached hydrogens (primary N) is 1. The van der Waals surface area contributed by atoms with Gasteiger partial charge >= 0.3 is 5.97 Å². The number of aliphatic carboxylic acids is 1. The lowest BCUT2D eigenvalue weighted by molar-refractivity contribution is -0.138. The SMILES string of the molecule is CCCCCCCCCCCCCCN(N)CC(=O)O. The maximum absolute atomic E-state index is 10.4. The van der Waals surface area contributed by atoms with Gasteiger partial charge < -0.3 is 5.11 Å². The molecule has 0 unspecified atom stereocenters. The molecule has 0 aliphatic heterocycles. The van der Waals surface area contributed by atoms with Crippen molar-refractivity contribution in [2.24, 2.45) is 5.84 Å². The molecule has 3 N–H and O–H groups in total. The summed E-state index contributed by atoms with van der Waals surface area (Å²) in [6, 6.07) is 0. The molecule has 0 aliphatic carbocycles. The fraction of sp³-hybridized carbons (Fsp3) is 0.938. The molecule has 0 aromatic heterocycles. The Bertz CT molecular complexity index is 223. The number of hydrogen-bond donors (Lipinski definition) is 2. The van der Waals surface area contributed by atoms with E-state index in [2.05, 4.69) is 6.92 Å². The van der Waals surface area contributed by atoms with E-state index in [1.165, 1.54) is 69.2 Å². The second-order valence-electron chi connectivity index (χ2n) is 5.75. The molecule has 0 spiro atoms. The maximum Gasteiger partial charge on any atom is 0.319 e. The molecule has 4 nitrogen and oxygen atoms in total. The molecular formula is C16H34N2O2. The van der Waals surface area contributed by atoms with Crippen molar-refractivity contribution in [1.29, 1.82) is 0 Å². The smallest absolute Gasteiger partial charge is 0.319 e. The van der Waals surface area contributed by atoms with Crippen molar-refractivity contribution >= 4 is 5.97 Å². The quantitative estimate of drug-likeness (QED) is 0.272. The lowest BCUT2D eigenvalue weighted by Gasteiger charge is -2.12. The molecular weight excluding hydrogens is 252 g/mol. The second-order valence-corrected chi connectivity index (χ2v) is 5.75. The van der Waals surface area contributed by atoms with E-state index in [9.17, 15) is 4.79 Å². The summed E-state index contributed by atoms with van der Waals surface area (Å²) in [4.78, 5) is 10.4. The highest BCUT2D eigenvalue weighted by atomic mass is 16.4. The third-order valence-corrected chi connectivity index (χ3v) is 3.64. The van der Waals surface area contributed by atoms with Gasteiger partial charge in [-0.05, 0) is 6.42 Å². The molecule has 0 amide bonds. The van der Waals surface area contributed by atoms with Gasteiger partial charge in [0.2, 0.25) is 0 Å². The van der Waals surface area contributed by atoms with Crippen LogP contribution in [0, 0.1) is 0 Å². The van der Waals surface area contributed by atoms with Crippen LogP contribution >= 0.6 is 0 Å². The first-order valence-electron chi connectivity index (χ1n) is 8.38. The van der Waals surface area contributed by atoms with Crippen molar-refractivity contribution in [2.45, 2.75) is 84.0 Å². The average Bonchev–Trinajstić information content (AvgIpc) is 2.39. The number of unbranched alkanes of at least 4 members (excludes halogenated alkanes) is 11. The van der Waals surface area contributed by atoms with Crippen LogP contribution in [0.1, 0.15) is 84.0 Å². The van der Waals surface area contributed by atoms with E-state index in [0.717, 1.165) is 12.8 Å². The van der Waals surface area contributed by atoms with Gasteiger partial charge in [0.05, 0.1) is 0 Å². The van der Waals surface area contributed by atoms with Gasteiger partial charge in [-0.15, -0.1) is 0 Å². The predicted molar refractivity (Wildman–Crippen MR) is 84.5 cm³/mol. The molecule has 0 heterocycles. The van der Waals surface area contributed by atoms with Gasteiger partial charge in [0.1, 0.15) is 6.54 Å². The normalized spacial score (nSPS) is 11.2. The molecule has 0 aromatic carbocycles. The number of rotatable bonds is 15. The summed E-state index contributed by atoms with van der Waals surface area (Å²) in [6.45, 7) is 2.88. The fourth-order valence-electron chi connectivity index (χ4n) is 2.41. The Kier molecular flexibility index (Phi) is 14.3. The van der Waals surface area contributed by atoms with E-state index in [1.807, 2.05) is 0 Å². The first-order valence-corrected chi connectivity index (χ1v) is 8.38. The van der Waals surface area contributed by atoms with Crippen molar-refractivity contribution in [3.63, 3.8) is 0 Å². The van der Waals surface area contributed by atoms with Crippen LogP contribution in [0.3, 0.4) is 0 Å². The van der Waals surface area contributed by atoms with Crippen LogP contribution in [-0.4, -0.2) is 29.2 Å². The van der Waals surface area contributed by atoms with E-state index < -0.39 is 5.97 Å². The Labute approximate surface area is 124 Å². The number of carbonyl (C=O) groups is 1. The molecule has 0 radical (unpaired) electrons. The number of nitrogens with zero attached hydrogens (tertiary/aromatic N) is 1. The van der Waals surface area contributed by atoms with Crippen molar-refractivity contribution in [2.75, 3.05) is 13.1 Å². The van der Waals surface area contributed by atoms with Crippen LogP contribution < -0.4 is 5.84 Å². The predicted octanol–water partition coefficient (Wildman–Crippen LogP) is 3.95. The Morgan fingerprint density at radius 3 is 1.65 bits per heavy atom. The summed E-state index contributed by atoms with van der Waals surface area (Å²) in [6.07, 6.45) is 15.7. The van der Waals surface area contributed by atoms with Crippen LogP contribution in [0.2, 0.25) is 0 Å². The monoisotopic (exact) mass is 286 g/mol. The summed E-state index contributed by atoms with van der Waals surface area (Å²) in [5.74, 6) is 4.70. The molecule has 120 valence electrons. The van der Waals surface area contributed by atoms with E-state index in [-0.39, 0.29) is 6.54 Å². The van der Waals surface area contributed by atoms with Crippen LogP contribution in [0.25, 0.3) is 0 Å². The Morgan fingerprint density at radius 1 is 0.850 bits per heavy atom. The topological polar surface area (TPSA) is 66.6 Å². The maximum atomic E-state index is 10.4. The van der Waals surface area contributed by atoms with E-state index in [1.54, 1.807) is 0 Å². The summed E-state index contributed by atoms with van der Waals surface area (Å²) in [5, 5.41) is 9.94. The molecule has 0 aliphatic rings. The molecule has 0 saturated carbocycles. The number of carboxylic acid groups (broad SMARTS) is 1. The highest BCUT2D eigenvalue weighted by molar-refractivity contribution is 5.68. The molecule has 4 heteroatoms. The molecule has 0 rings (SSSR count). The van der Waals surface area contributed by atoms with E-state index in [0.29, 0.717) is 6.54 Å². The molecule has 0 bridgehead atoms. The van der Waals surface area contributed by atoms with Crippen LogP contribution in [0.4, 0.5) is 0 Å². The minimum absolute atomic E-state index is 0.0575. The molecule has 20 heavy (non-hydrogen) atoms. The van der Waals surface area contributed by atoms with Crippen molar-refractivity contribution < 1.29 is 9.90 Å². The van der Waals surface area contributed by atoms with Crippen molar-refractivity contribution in [1.82, 2.24) is 5.01 Å². The third-order valence-electron chi connectivity index (χ3n) is 3.64. The first kappa shape index (κ1) is 19.4. The van der Waals surface area contributed by atoms with Crippen LogP contribution in [0.15, 0.2) is 0 Å². The summed E-state index contributed by atoms with van der Waals surface area (Å²) in [7, 11) is 0. The lowest BCUT2D eigenvalue weighted by Crippen LogP contribution is -2.36. The van der Waals surface area contributed by atoms with Gasteiger partial charge in [-0.3, -0.25) is 10.6 Å². The Hall–Kier alpha value is -0.610. The van der Waals surface area contributed by atoms with Gasteiger partial charge in [0.15, 0.2) is 0 Å². The number of hydrazine groups is 1. The molecule has 0 saturated heterocycles. The summed E-state index contributed by atoms with van der Waals surface area (Å²) >= 11 is 0. The standard InChI is InChI=1S/C16H34N2O2/c1-2-3-4-5-6-7-8-9-10-11-12-13-14-18(17)15-16(19)20/h2-15,17H2,1H3,(H,19,20). The van der Waals surface area contributed by atoms with Gasteiger partial charge in [-0.25, -0.2) is 5.01 Å². The van der Waals surface area contributed by atoms with Crippen LogP contribution in [0.5, 0.6) is 0 Å². The van der Waals surface area contributed by atoms with Gasteiger partial charge in [0.25, 0.3) is 0 Å². The summed E-state index contributed by atoms with van der Waals surface area (Å²) < 4.78 is 0. The zero-order valence-electron chi connectivity index (χ0n) is 13.3. The highest BCUT2D eigenvalue weighted by Gasteiger charge is 2.03. The fourth-order valence-corrected chi connectivity index (χ4v) is 2.41. The van der Waals surface area contributed by atoms with Crippen molar-refractivity contribution in [3.8, 4) is 0 Å². The second kappa shape index (κ2) is 14.8. The Balaban J connectivity index is 3.08. The minimum atomic E-state index is -0.855. The minimum Gasteiger partial charge on any atom is -0.480 e.